The van der Waals surface area contributed by atoms with Crippen LogP contribution in [0.5, 0.6) is 0 Å². The Morgan fingerprint density at radius 3 is 2.90 bits per heavy atom. The summed E-state index contributed by atoms with van der Waals surface area (Å²) in [7, 11) is 0. The lowest BCUT2D eigenvalue weighted by atomic mass is 10.0. The first kappa shape index (κ1) is 15.6. The maximum absolute atomic E-state index is 12.2. The standard InChI is InChI=1S/C18H24N2O/c1-13-5-7-15(10-13)12-20-18(21)17-8-6-14(2)16(11-17)4-3-9-19/h6,8,11,13,15H,5,7,9-10,12,19H2,1-2H3,(H,20,21). The minimum absolute atomic E-state index is 0.00893. The first-order valence-electron chi connectivity index (χ1n) is 7.68. The molecule has 2 rings (SSSR count). The van der Waals surface area contributed by atoms with Crippen LogP contribution in [-0.2, 0) is 0 Å². The molecule has 1 fully saturated rings. The summed E-state index contributed by atoms with van der Waals surface area (Å²) >= 11 is 0. The van der Waals surface area contributed by atoms with Gasteiger partial charge in [-0.25, -0.2) is 0 Å². The van der Waals surface area contributed by atoms with Crippen molar-refractivity contribution in [1.29, 1.82) is 0 Å². The molecule has 1 aliphatic rings. The summed E-state index contributed by atoms with van der Waals surface area (Å²) in [6.45, 7) is 5.38. The molecule has 0 aliphatic heterocycles. The topological polar surface area (TPSA) is 55.1 Å². The van der Waals surface area contributed by atoms with Gasteiger partial charge in [0.25, 0.3) is 5.91 Å². The van der Waals surface area contributed by atoms with Crippen LogP contribution in [0.2, 0.25) is 0 Å². The smallest absolute Gasteiger partial charge is 0.251 e. The molecule has 0 bridgehead atoms. The van der Waals surface area contributed by atoms with Crippen molar-refractivity contribution in [3.05, 3.63) is 34.9 Å². The van der Waals surface area contributed by atoms with Crippen molar-refractivity contribution in [2.75, 3.05) is 13.1 Å². The number of carbonyl (C=O) groups excluding carboxylic acids is 1. The van der Waals surface area contributed by atoms with Crippen LogP contribution in [0.1, 0.15) is 47.7 Å². The highest BCUT2D eigenvalue weighted by Crippen LogP contribution is 2.29. The second-order valence-corrected chi connectivity index (χ2v) is 6.03. The zero-order chi connectivity index (χ0) is 15.2. The molecular formula is C18H24N2O. The molecule has 1 amide bonds. The summed E-state index contributed by atoms with van der Waals surface area (Å²) in [6.07, 6.45) is 3.73. The predicted octanol–water partition coefficient (Wildman–Crippen LogP) is 2.47. The summed E-state index contributed by atoms with van der Waals surface area (Å²) in [4.78, 5) is 12.2. The average molecular weight is 284 g/mol. The van der Waals surface area contributed by atoms with Crippen molar-refractivity contribution in [2.24, 2.45) is 17.6 Å². The Hall–Kier alpha value is -1.79. The number of nitrogens with one attached hydrogen (secondary N) is 1. The average Bonchev–Trinajstić information content (AvgIpc) is 2.89. The number of rotatable bonds is 3. The van der Waals surface area contributed by atoms with Gasteiger partial charge in [-0.1, -0.05) is 31.3 Å². The Morgan fingerprint density at radius 2 is 2.24 bits per heavy atom. The van der Waals surface area contributed by atoms with E-state index in [2.05, 4.69) is 24.1 Å². The SMILES string of the molecule is Cc1ccc(C(=O)NCC2CCC(C)C2)cc1C#CCN. The van der Waals surface area contributed by atoms with E-state index in [1.54, 1.807) is 0 Å². The van der Waals surface area contributed by atoms with Crippen LogP contribution in [0.25, 0.3) is 0 Å². The number of benzene rings is 1. The molecule has 2 unspecified atom stereocenters. The zero-order valence-electron chi connectivity index (χ0n) is 12.9. The van der Waals surface area contributed by atoms with E-state index in [1.165, 1.54) is 19.3 Å². The summed E-state index contributed by atoms with van der Waals surface area (Å²) in [5, 5.41) is 3.05. The number of hydrogen-bond donors (Lipinski definition) is 2. The lowest BCUT2D eigenvalue weighted by Gasteiger charge is -2.11. The molecule has 0 aromatic heterocycles. The van der Waals surface area contributed by atoms with Crippen molar-refractivity contribution in [1.82, 2.24) is 5.32 Å². The van der Waals surface area contributed by atoms with Gasteiger partial charge in [-0.3, -0.25) is 4.79 Å². The summed E-state index contributed by atoms with van der Waals surface area (Å²) in [6, 6.07) is 5.65. The second-order valence-electron chi connectivity index (χ2n) is 6.03. The Bertz CT molecular complexity index is 568. The van der Waals surface area contributed by atoms with Crippen molar-refractivity contribution in [3.63, 3.8) is 0 Å². The first-order valence-corrected chi connectivity index (χ1v) is 7.68. The molecule has 3 nitrogen and oxygen atoms in total. The fourth-order valence-corrected chi connectivity index (χ4v) is 2.89. The lowest BCUT2D eigenvalue weighted by molar-refractivity contribution is 0.0947. The number of hydrogen-bond acceptors (Lipinski definition) is 2. The summed E-state index contributed by atoms with van der Waals surface area (Å²) in [5.74, 6) is 7.27. The van der Waals surface area contributed by atoms with Crippen LogP contribution in [0.3, 0.4) is 0 Å². The fraction of sp³-hybridized carbons (Fsp3) is 0.500. The third-order valence-electron chi connectivity index (χ3n) is 4.18. The van der Waals surface area contributed by atoms with Crippen molar-refractivity contribution in [2.45, 2.75) is 33.1 Å². The molecule has 0 radical (unpaired) electrons. The van der Waals surface area contributed by atoms with E-state index >= 15 is 0 Å². The van der Waals surface area contributed by atoms with Gasteiger partial charge >= 0.3 is 0 Å². The lowest BCUT2D eigenvalue weighted by Crippen LogP contribution is -2.28. The maximum atomic E-state index is 12.2. The molecule has 1 aromatic carbocycles. The van der Waals surface area contributed by atoms with Crippen molar-refractivity contribution in [3.8, 4) is 11.8 Å². The van der Waals surface area contributed by atoms with Gasteiger partial charge in [-0.15, -0.1) is 0 Å². The van der Waals surface area contributed by atoms with Gasteiger partial charge in [0.15, 0.2) is 0 Å². The number of amides is 1. The molecule has 3 N–H and O–H groups in total. The minimum Gasteiger partial charge on any atom is -0.352 e. The third-order valence-corrected chi connectivity index (χ3v) is 4.18. The highest BCUT2D eigenvalue weighted by Gasteiger charge is 2.21. The van der Waals surface area contributed by atoms with E-state index in [1.807, 2.05) is 25.1 Å². The van der Waals surface area contributed by atoms with Gasteiger partial charge in [-0.2, -0.15) is 0 Å². The van der Waals surface area contributed by atoms with Crippen LogP contribution in [0.15, 0.2) is 18.2 Å². The van der Waals surface area contributed by atoms with Crippen LogP contribution in [0.4, 0.5) is 0 Å². The molecule has 112 valence electrons. The van der Waals surface area contributed by atoms with Crippen LogP contribution < -0.4 is 11.1 Å². The van der Waals surface area contributed by atoms with E-state index in [0.29, 0.717) is 18.0 Å². The van der Waals surface area contributed by atoms with Gasteiger partial charge in [0.2, 0.25) is 0 Å². The second kappa shape index (κ2) is 7.28. The number of aryl methyl sites for hydroxylation is 1. The first-order chi connectivity index (χ1) is 10.1. The molecule has 1 aliphatic carbocycles. The third kappa shape index (κ3) is 4.34. The molecule has 2 atom stereocenters. The van der Waals surface area contributed by atoms with Gasteiger partial charge in [-0.05, 0) is 49.3 Å². The van der Waals surface area contributed by atoms with E-state index in [0.717, 1.165) is 23.6 Å². The van der Waals surface area contributed by atoms with E-state index < -0.39 is 0 Å². The maximum Gasteiger partial charge on any atom is 0.251 e. The normalized spacial score (nSPS) is 20.7. The zero-order valence-corrected chi connectivity index (χ0v) is 12.9. The molecule has 1 saturated carbocycles. The van der Waals surface area contributed by atoms with E-state index in [9.17, 15) is 4.79 Å². The Kier molecular flexibility index (Phi) is 5.41. The quantitative estimate of drug-likeness (QED) is 0.838. The molecule has 0 heterocycles. The van der Waals surface area contributed by atoms with Gasteiger partial charge in [0.05, 0.1) is 6.54 Å². The number of nitrogens with two attached hydrogens (primary N) is 1. The van der Waals surface area contributed by atoms with Gasteiger partial charge in [0.1, 0.15) is 0 Å². The predicted molar refractivity (Wildman–Crippen MR) is 85.9 cm³/mol. The van der Waals surface area contributed by atoms with Gasteiger partial charge in [0, 0.05) is 17.7 Å². The minimum atomic E-state index is -0.00893. The van der Waals surface area contributed by atoms with Crippen LogP contribution in [0, 0.1) is 30.6 Å². The van der Waals surface area contributed by atoms with Crippen LogP contribution >= 0.6 is 0 Å². The molecular weight excluding hydrogens is 260 g/mol. The number of carbonyl (C=O) groups is 1. The molecule has 3 heteroatoms. The molecule has 0 saturated heterocycles. The Labute approximate surface area is 127 Å². The monoisotopic (exact) mass is 284 g/mol. The van der Waals surface area contributed by atoms with Crippen molar-refractivity contribution >= 4 is 5.91 Å². The highest BCUT2D eigenvalue weighted by atomic mass is 16.1. The largest absolute Gasteiger partial charge is 0.352 e. The van der Waals surface area contributed by atoms with Crippen molar-refractivity contribution < 1.29 is 4.79 Å². The summed E-state index contributed by atoms with van der Waals surface area (Å²) < 4.78 is 0. The highest BCUT2D eigenvalue weighted by molar-refractivity contribution is 5.94. The fourth-order valence-electron chi connectivity index (χ4n) is 2.89. The van der Waals surface area contributed by atoms with E-state index in [4.69, 9.17) is 5.73 Å². The van der Waals surface area contributed by atoms with Crippen LogP contribution in [-0.4, -0.2) is 19.0 Å². The molecule has 1 aromatic rings. The van der Waals surface area contributed by atoms with E-state index in [-0.39, 0.29) is 5.91 Å². The Balaban J connectivity index is 1.98. The molecule has 21 heavy (non-hydrogen) atoms. The molecule has 0 spiro atoms. The van der Waals surface area contributed by atoms with Gasteiger partial charge < -0.3 is 11.1 Å². The summed E-state index contributed by atoms with van der Waals surface area (Å²) in [5.41, 5.74) is 8.02. The Morgan fingerprint density at radius 1 is 1.43 bits per heavy atom.